The van der Waals surface area contributed by atoms with Crippen LogP contribution in [-0.2, 0) is 0 Å². The summed E-state index contributed by atoms with van der Waals surface area (Å²) in [5.41, 5.74) is 0. The summed E-state index contributed by atoms with van der Waals surface area (Å²) in [6.07, 6.45) is 4.72. The van der Waals surface area contributed by atoms with E-state index >= 15 is 0 Å². The molecule has 0 N–H and O–H groups in total. The molecule has 0 aliphatic heterocycles. The minimum Gasteiger partial charge on any atom is -0.0872 e. The molecule has 0 nitrogen and oxygen atoms in total. The van der Waals surface area contributed by atoms with Crippen molar-refractivity contribution in [2.75, 3.05) is 0 Å². The van der Waals surface area contributed by atoms with Gasteiger partial charge in [-0.3, -0.25) is 0 Å². The molecule has 76 valence electrons. The van der Waals surface area contributed by atoms with E-state index in [0.717, 1.165) is 46.3 Å². The Hall–Kier alpha value is 0.960. The van der Waals surface area contributed by atoms with E-state index in [0.29, 0.717) is 4.32 Å². The number of hydrogen-bond donors (Lipinski definition) is 0. The fourth-order valence-corrected chi connectivity index (χ4v) is 9.32. The van der Waals surface area contributed by atoms with Gasteiger partial charge in [0.05, 0.1) is 0 Å². The summed E-state index contributed by atoms with van der Waals surface area (Å²) in [7, 11) is 0. The van der Waals surface area contributed by atoms with Crippen LogP contribution in [0.3, 0.4) is 0 Å². The van der Waals surface area contributed by atoms with Crippen LogP contribution in [0.15, 0.2) is 0 Å². The average molecular weight is 318 g/mol. The minimum atomic E-state index is 0.542. The molecule has 6 rings (SSSR count). The molecule has 0 amide bonds. The fourth-order valence-electron chi connectivity index (χ4n) is 6.53. The van der Waals surface area contributed by atoms with Crippen molar-refractivity contribution in [2.24, 2.45) is 41.4 Å². The molecule has 0 radical (unpaired) electrons. The van der Waals surface area contributed by atoms with Gasteiger partial charge in [-0.2, -0.15) is 0 Å². The highest BCUT2D eigenvalue weighted by Crippen LogP contribution is 2.82. The van der Waals surface area contributed by atoms with Crippen molar-refractivity contribution in [3.63, 3.8) is 0 Å². The van der Waals surface area contributed by atoms with Crippen molar-refractivity contribution in [3.05, 3.63) is 0 Å². The van der Waals surface area contributed by atoms with Crippen molar-refractivity contribution >= 4 is 31.9 Å². The smallest absolute Gasteiger partial charge is 0.0447 e. The predicted molar refractivity (Wildman–Crippen MR) is 62.7 cm³/mol. The number of hydrogen-bond acceptors (Lipinski definition) is 0. The van der Waals surface area contributed by atoms with E-state index in [9.17, 15) is 0 Å². The van der Waals surface area contributed by atoms with Gasteiger partial charge in [0.15, 0.2) is 0 Å². The first-order valence-electron chi connectivity index (χ1n) is 6.06. The molecule has 6 saturated carbocycles. The van der Waals surface area contributed by atoms with E-state index in [-0.39, 0.29) is 0 Å². The van der Waals surface area contributed by atoms with Crippen LogP contribution in [0.5, 0.6) is 0 Å². The molecule has 0 spiro atoms. The molecule has 0 aromatic carbocycles. The quantitative estimate of drug-likeness (QED) is 0.600. The van der Waals surface area contributed by atoms with Gasteiger partial charge in [-0.1, -0.05) is 31.9 Å². The van der Waals surface area contributed by atoms with Crippen molar-refractivity contribution in [2.45, 2.75) is 28.4 Å². The van der Waals surface area contributed by atoms with Crippen molar-refractivity contribution < 1.29 is 0 Å². The second kappa shape index (κ2) is 2.03. The lowest BCUT2D eigenvalue weighted by molar-refractivity contribution is 0.114. The lowest BCUT2D eigenvalue weighted by Crippen LogP contribution is -2.49. The van der Waals surface area contributed by atoms with E-state index < -0.39 is 0 Å². The summed E-state index contributed by atoms with van der Waals surface area (Å²) in [6, 6.07) is 0. The number of halogens is 2. The number of rotatable bonds is 0. The summed E-state index contributed by atoms with van der Waals surface area (Å²) in [4.78, 5) is 0.811. The van der Waals surface area contributed by atoms with Gasteiger partial charge in [-0.05, 0) is 60.7 Å². The van der Waals surface area contributed by atoms with E-state index in [2.05, 4.69) is 31.9 Å². The van der Waals surface area contributed by atoms with Gasteiger partial charge < -0.3 is 0 Å². The zero-order valence-electron chi connectivity index (χ0n) is 8.00. The molecular formula is C12H14Br2. The Morgan fingerprint density at radius 3 is 2.64 bits per heavy atom. The van der Waals surface area contributed by atoms with E-state index in [1.54, 1.807) is 19.3 Å². The molecule has 6 fully saturated rings. The molecule has 7 unspecified atom stereocenters. The first-order chi connectivity index (χ1) is 6.73. The summed E-state index contributed by atoms with van der Waals surface area (Å²) in [5.74, 6) is 7.63. The van der Waals surface area contributed by atoms with Crippen LogP contribution in [0.25, 0.3) is 0 Å². The highest BCUT2D eigenvalue weighted by molar-refractivity contribution is 9.12. The molecule has 6 aliphatic carbocycles. The standard InChI is InChI=1S/C12H14Br2/c13-11-9-4-1-6-5-3-8(10(6)9)12(11,14)7(5)2-4/h4-11H,1-3H2/t4?,5?,6?,7?,8?,9?,10?,11-,12+/m0/s1. The molecule has 2 heteroatoms. The Bertz CT molecular complexity index is 335. The molecule has 0 aromatic rings. The third kappa shape index (κ3) is 0.533. The molecule has 0 saturated heterocycles. The SMILES string of the molecule is Br[C@H]1C2C3CC4C5CC(C42)[C@]1(Br)C5C3. The Labute approximate surface area is 101 Å². The summed E-state index contributed by atoms with van der Waals surface area (Å²) in [6.45, 7) is 0. The van der Waals surface area contributed by atoms with E-state index in [1.165, 1.54) is 0 Å². The molecule has 14 heavy (non-hydrogen) atoms. The zero-order chi connectivity index (χ0) is 9.24. The van der Waals surface area contributed by atoms with Crippen molar-refractivity contribution in [1.29, 1.82) is 0 Å². The Morgan fingerprint density at radius 2 is 1.79 bits per heavy atom. The maximum Gasteiger partial charge on any atom is 0.0447 e. The summed E-state index contributed by atoms with van der Waals surface area (Å²) >= 11 is 8.21. The largest absolute Gasteiger partial charge is 0.0872 e. The van der Waals surface area contributed by atoms with Crippen LogP contribution in [0.4, 0.5) is 0 Å². The van der Waals surface area contributed by atoms with Gasteiger partial charge in [0.25, 0.3) is 0 Å². The number of alkyl halides is 2. The van der Waals surface area contributed by atoms with Gasteiger partial charge in [0.1, 0.15) is 0 Å². The summed E-state index contributed by atoms with van der Waals surface area (Å²) < 4.78 is 0.542. The molecular weight excluding hydrogens is 304 g/mol. The summed E-state index contributed by atoms with van der Waals surface area (Å²) in [5, 5.41) is 0. The van der Waals surface area contributed by atoms with Gasteiger partial charge in [-0.15, -0.1) is 0 Å². The fraction of sp³-hybridized carbons (Fsp3) is 1.00. The van der Waals surface area contributed by atoms with Crippen molar-refractivity contribution in [3.8, 4) is 0 Å². The lowest BCUT2D eigenvalue weighted by atomic mass is 9.65. The topological polar surface area (TPSA) is 0 Å². The van der Waals surface area contributed by atoms with Gasteiger partial charge in [-0.25, -0.2) is 0 Å². The third-order valence-corrected chi connectivity index (χ3v) is 10.2. The average Bonchev–Trinajstić information content (AvgIpc) is 2.75. The van der Waals surface area contributed by atoms with Gasteiger partial charge in [0, 0.05) is 9.15 Å². The molecule has 0 aromatic heterocycles. The molecule has 6 aliphatic rings. The Balaban J connectivity index is 1.85. The predicted octanol–water partition coefficient (Wildman–Crippen LogP) is 3.44. The van der Waals surface area contributed by atoms with Crippen LogP contribution in [0.1, 0.15) is 19.3 Å². The second-order valence-electron chi connectivity index (χ2n) is 6.39. The van der Waals surface area contributed by atoms with Crippen LogP contribution >= 0.6 is 31.9 Å². The normalized spacial score (nSPS) is 81.0. The molecule has 0 heterocycles. The first kappa shape index (κ1) is 8.11. The van der Waals surface area contributed by atoms with Gasteiger partial charge in [0.2, 0.25) is 0 Å². The maximum atomic E-state index is 4.17. The van der Waals surface area contributed by atoms with Crippen LogP contribution in [0, 0.1) is 41.4 Å². The monoisotopic (exact) mass is 316 g/mol. The zero-order valence-corrected chi connectivity index (χ0v) is 11.2. The first-order valence-corrected chi connectivity index (χ1v) is 7.76. The second-order valence-corrected chi connectivity index (χ2v) is 8.75. The molecule has 7 bridgehead atoms. The Morgan fingerprint density at radius 1 is 0.929 bits per heavy atom. The van der Waals surface area contributed by atoms with Gasteiger partial charge >= 0.3 is 0 Å². The highest BCUT2D eigenvalue weighted by Gasteiger charge is 2.80. The third-order valence-electron chi connectivity index (χ3n) is 6.57. The van der Waals surface area contributed by atoms with Crippen LogP contribution in [-0.4, -0.2) is 9.15 Å². The van der Waals surface area contributed by atoms with E-state index in [1.807, 2.05) is 0 Å². The van der Waals surface area contributed by atoms with E-state index in [4.69, 9.17) is 0 Å². The molecule has 9 atom stereocenters. The van der Waals surface area contributed by atoms with Crippen LogP contribution in [0.2, 0.25) is 0 Å². The highest BCUT2D eigenvalue weighted by atomic mass is 79.9. The Kier molecular flexibility index (Phi) is 1.18. The van der Waals surface area contributed by atoms with Crippen molar-refractivity contribution in [1.82, 2.24) is 0 Å². The maximum absolute atomic E-state index is 4.17. The minimum absolute atomic E-state index is 0.542. The van der Waals surface area contributed by atoms with Crippen LogP contribution < -0.4 is 0 Å². The lowest BCUT2D eigenvalue weighted by Gasteiger charge is -2.48.